The maximum Gasteiger partial charge on any atom is 0.338 e. The highest BCUT2D eigenvalue weighted by Gasteiger charge is 2.24. The Balaban J connectivity index is 1.80. The summed E-state index contributed by atoms with van der Waals surface area (Å²) in [6.07, 6.45) is -0.436. The molecule has 1 heterocycles. The molecule has 1 unspecified atom stereocenters. The third kappa shape index (κ3) is 3.16. The molecule has 1 aliphatic heterocycles. The first-order valence-electron chi connectivity index (χ1n) is 4.89. The molecule has 4 nitrogen and oxygen atoms in total. The summed E-state index contributed by atoms with van der Waals surface area (Å²) >= 11 is 2.13. The molecule has 1 saturated heterocycles. The summed E-state index contributed by atoms with van der Waals surface area (Å²) < 4.78 is 15.7. The van der Waals surface area contributed by atoms with Crippen molar-refractivity contribution in [2.45, 2.75) is 10.4 Å². The van der Waals surface area contributed by atoms with Gasteiger partial charge in [-0.05, 0) is 34.7 Å². The van der Waals surface area contributed by atoms with E-state index in [9.17, 15) is 4.79 Å². The zero-order chi connectivity index (χ0) is 11.4. The van der Waals surface area contributed by atoms with Crippen LogP contribution in [-0.2, 0) is 14.2 Å². The van der Waals surface area contributed by atoms with Crippen LogP contribution in [0.3, 0.4) is 0 Å². The maximum absolute atomic E-state index is 11.5. The second-order valence-corrected chi connectivity index (χ2v) is 4.66. The topological polar surface area (TPSA) is 44.8 Å². The highest BCUT2D eigenvalue weighted by atomic mass is 127. The van der Waals surface area contributed by atoms with Gasteiger partial charge in [-0.1, -0.05) is 18.2 Å². The van der Waals surface area contributed by atoms with Crippen LogP contribution < -0.4 is 0 Å². The molecule has 0 aromatic heterocycles. The molecule has 0 aliphatic carbocycles. The Hall–Kier alpha value is -0.660. The van der Waals surface area contributed by atoms with Crippen molar-refractivity contribution >= 4 is 28.6 Å². The smallest absolute Gasteiger partial charge is 0.338 e. The van der Waals surface area contributed by atoms with E-state index in [0.29, 0.717) is 12.2 Å². The molecule has 2 atom stereocenters. The Morgan fingerprint density at radius 2 is 2.19 bits per heavy atom. The number of hydrogen-bond acceptors (Lipinski definition) is 4. The molecule has 0 saturated carbocycles. The third-order valence-electron chi connectivity index (χ3n) is 2.07. The van der Waals surface area contributed by atoms with Gasteiger partial charge in [0.25, 0.3) is 0 Å². The number of benzene rings is 1. The van der Waals surface area contributed by atoms with Gasteiger partial charge in [0.15, 0.2) is 6.29 Å². The zero-order valence-electron chi connectivity index (χ0n) is 8.47. The lowest BCUT2D eigenvalue weighted by Gasteiger charge is -2.09. The number of alkyl halides is 1. The second kappa shape index (κ2) is 5.60. The van der Waals surface area contributed by atoms with Crippen molar-refractivity contribution in [1.29, 1.82) is 0 Å². The largest absolute Gasteiger partial charge is 0.457 e. The van der Waals surface area contributed by atoms with E-state index in [4.69, 9.17) is 14.2 Å². The van der Waals surface area contributed by atoms with Crippen molar-refractivity contribution in [3.63, 3.8) is 0 Å². The molecule has 0 radical (unpaired) electrons. The number of rotatable bonds is 3. The van der Waals surface area contributed by atoms with Gasteiger partial charge in [0.05, 0.1) is 12.2 Å². The first-order chi connectivity index (χ1) is 7.75. The average molecular weight is 334 g/mol. The maximum atomic E-state index is 11.5. The zero-order valence-corrected chi connectivity index (χ0v) is 10.6. The Morgan fingerprint density at radius 1 is 1.44 bits per heavy atom. The SMILES string of the molecule is O=C(OCC1OC[C@@H](I)O1)c1ccccc1. The lowest BCUT2D eigenvalue weighted by molar-refractivity contribution is -0.0826. The minimum absolute atomic E-state index is 0.0398. The van der Waals surface area contributed by atoms with Crippen LogP contribution in [0.15, 0.2) is 30.3 Å². The van der Waals surface area contributed by atoms with Crippen molar-refractivity contribution in [2.75, 3.05) is 13.2 Å². The third-order valence-corrected chi connectivity index (χ3v) is 2.73. The van der Waals surface area contributed by atoms with Crippen LogP contribution in [0.25, 0.3) is 0 Å². The molecule has 2 rings (SSSR count). The molecule has 1 aromatic rings. The summed E-state index contributed by atoms with van der Waals surface area (Å²) in [7, 11) is 0. The van der Waals surface area contributed by atoms with Gasteiger partial charge < -0.3 is 14.2 Å². The van der Waals surface area contributed by atoms with Crippen molar-refractivity contribution in [3.8, 4) is 0 Å². The lowest BCUT2D eigenvalue weighted by atomic mass is 10.2. The Morgan fingerprint density at radius 3 is 2.81 bits per heavy atom. The van der Waals surface area contributed by atoms with Gasteiger partial charge in [0.2, 0.25) is 0 Å². The normalized spacial score (nSPS) is 24.3. The fourth-order valence-corrected chi connectivity index (χ4v) is 1.85. The van der Waals surface area contributed by atoms with E-state index < -0.39 is 6.29 Å². The lowest BCUT2D eigenvalue weighted by Crippen LogP contribution is -2.19. The van der Waals surface area contributed by atoms with Gasteiger partial charge in [-0.25, -0.2) is 4.79 Å². The second-order valence-electron chi connectivity index (χ2n) is 3.27. The molecular weight excluding hydrogens is 323 g/mol. The highest BCUT2D eigenvalue weighted by Crippen LogP contribution is 2.17. The predicted molar refractivity (Wildman–Crippen MR) is 65.4 cm³/mol. The molecule has 1 aliphatic rings. The monoisotopic (exact) mass is 334 g/mol. The standard InChI is InChI=1S/C11H11IO4/c12-9-6-14-10(16-9)7-15-11(13)8-4-2-1-3-5-8/h1-5,9-10H,6-7H2/t9-,10?/m0/s1. The van der Waals surface area contributed by atoms with Crippen molar-refractivity contribution in [1.82, 2.24) is 0 Å². The summed E-state index contributed by atoms with van der Waals surface area (Å²) in [5.41, 5.74) is 0.534. The van der Waals surface area contributed by atoms with Crippen molar-refractivity contribution in [2.24, 2.45) is 0 Å². The molecule has 0 spiro atoms. The highest BCUT2D eigenvalue weighted by molar-refractivity contribution is 14.1. The number of hydrogen-bond donors (Lipinski definition) is 0. The minimum atomic E-state index is -0.436. The molecule has 86 valence electrons. The number of ether oxygens (including phenoxy) is 3. The average Bonchev–Trinajstić information content (AvgIpc) is 2.73. The Bertz CT molecular complexity index is 354. The quantitative estimate of drug-likeness (QED) is 0.482. The Labute approximate surface area is 107 Å². The van der Waals surface area contributed by atoms with Crippen LogP contribution >= 0.6 is 22.6 Å². The minimum Gasteiger partial charge on any atom is -0.457 e. The van der Waals surface area contributed by atoms with Crippen LogP contribution in [0.4, 0.5) is 0 Å². The first kappa shape index (κ1) is 11.8. The predicted octanol–water partition coefficient (Wildman–Crippen LogP) is 1.98. The van der Waals surface area contributed by atoms with E-state index in [-0.39, 0.29) is 16.7 Å². The van der Waals surface area contributed by atoms with Crippen LogP contribution in [0.2, 0.25) is 0 Å². The molecule has 1 fully saturated rings. The van der Waals surface area contributed by atoms with E-state index in [1.165, 1.54) is 0 Å². The van der Waals surface area contributed by atoms with Crippen LogP contribution in [0.1, 0.15) is 10.4 Å². The van der Waals surface area contributed by atoms with E-state index >= 15 is 0 Å². The first-order valence-corrected chi connectivity index (χ1v) is 6.13. The van der Waals surface area contributed by atoms with E-state index in [2.05, 4.69) is 22.6 Å². The van der Waals surface area contributed by atoms with Crippen LogP contribution in [-0.4, -0.2) is 29.6 Å². The van der Waals surface area contributed by atoms with Gasteiger partial charge in [-0.2, -0.15) is 0 Å². The molecule has 1 aromatic carbocycles. The molecule has 0 N–H and O–H groups in total. The van der Waals surface area contributed by atoms with Gasteiger partial charge in [-0.15, -0.1) is 0 Å². The summed E-state index contributed by atoms with van der Waals surface area (Å²) in [4.78, 5) is 11.5. The fraction of sp³-hybridized carbons (Fsp3) is 0.364. The number of carbonyl (C=O) groups excluding carboxylic acids is 1. The number of esters is 1. The summed E-state index contributed by atoms with van der Waals surface area (Å²) in [6.45, 7) is 0.668. The molecular formula is C11H11IO4. The summed E-state index contributed by atoms with van der Waals surface area (Å²) in [5, 5.41) is 0. The molecule has 0 amide bonds. The summed E-state index contributed by atoms with van der Waals surface area (Å²) in [6, 6.07) is 8.85. The summed E-state index contributed by atoms with van der Waals surface area (Å²) in [5.74, 6) is -0.357. The van der Waals surface area contributed by atoms with Crippen molar-refractivity contribution < 1.29 is 19.0 Å². The van der Waals surface area contributed by atoms with Crippen molar-refractivity contribution in [3.05, 3.63) is 35.9 Å². The molecule has 16 heavy (non-hydrogen) atoms. The molecule has 5 heteroatoms. The number of halogens is 1. The van der Waals surface area contributed by atoms with Gasteiger partial charge in [-0.3, -0.25) is 0 Å². The Kier molecular flexibility index (Phi) is 4.14. The van der Waals surface area contributed by atoms with Gasteiger partial charge >= 0.3 is 5.97 Å². The molecule has 0 bridgehead atoms. The van der Waals surface area contributed by atoms with E-state index in [0.717, 1.165) is 0 Å². The number of carbonyl (C=O) groups is 1. The van der Waals surface area contributed by atoms with Gasteiger partial charge in [0, 0.05) is 0 Å². The van der Waals surface area contributed by atoms with Crippen LogP contribution in [0.5, 0.6) is 0 Å². The van der Waals surface area contributed by atoms with E-state index in [1.807, 2.05) is 6.07 Å². The van der Waals surface area contributed by atoms with Crippen LogP contribution in [0, 0.1) is 0 Å². The van der Waals surface area contributed by atoms with Gasteiger partial charge in [0.1, 0.15) is 10.7 Å². The van der Waals surface area contributed by atoms with E-state index in [1.54, 1.807) is 24.3 Å². The fourth-order valence-electron chi connectivity index (χ4n) is 1.31.